The number of rotatable bonds is 4. The van der Waals surface area contributed by atoms with Gasteiger partial charge in [0.15, 0.2) is 0 Å². The first-order chi connectivity index (χ1) is 17.2. The van der Waals surface area contributed by atoms with Crippen LogP contribution >= 0.6 is 0 Å². The highest BCUT2D eigenvalue weighted by atomic mass is 16.5. The predicted molar refractivity (Wildman–Crippen MR) is 139 cm³/mol. The van der Waals surface area contributed by atoms with Gasteiger partial charge in [0.05, 0.1) is 33.1 Å². The Morgan fingerprint density at radius 1 is 1.20 bits per heavy atom. The highest BCUT2D eigenvalue weighted by Crippen LogP contribution is 2.32. The number of anilines is 1. The summed E-state index contributed by atoms with van der Waals surface area (Å²) in [4.78, 5) is 16.9. The number of hydrogen-bond acceptors (Lipinski definition) is 7. The normalized spacial score (nSPS) is 17.1. The summed E-state index contributed by atoms with van der Waals surface area (Å²) in [6.07, 6.45) is 8.49. The molecule has 2 aliphatic rings. The number of aromatic amines is 1. The second kappa shape index (κ2) is 9.99. The molecular formula is C27H29N7O. The lowest BCUT2D eigenvalue weighted by Crippen LogP contribution is -2.40. The van der Waals surface area contributed by atoms with Gasteiger partial charge in [-0.2, -0.15) is 0 Å². The van der Waals surface area contributed by atoms with E-state index in [1.54, 1.807) is 12.4 Å². The number of fused-ring (bicyclic) bond motifs is 1. The van der Waals surface area contributed by atoms with E-state index in [-0.39, 0.29) is 0 Å². The standard InChI is InChI=1S/C27H29N7O/c1-4-7-23-26(28-3)19(25-17(2)9-10-21-20(25)15-31-34-21)14-24(32-23)22-11-13-30-27(33-22)35-16-18-8-5-6-12-29-18/h5-14,31-32,34H,4,15-16H2,1-3H3,(H,30,33)/b23-7-,24-22+,28-26?. The zero-order valence-corrected chi connectivity index (χ0v) is 20.1. The fourth-order valence-electron chi connectivity index (χ4n) is 4.42. The van der Waals surface area contributed by atoms with Crippen molar-refractivity contribution < 1.29 is 4.74 Å². The molecule has 0 amide bonds. The molecule has 2 aliphatic heterocycles. The highest BCUT2D eigenvalue weighted by molar-refractivity contribution is 5.86. The first kappa shape index (κ1) is 22.6. The quantitative estimate of drug-likeness (QED) is 0.472. The van der Waals surface area contributed by atoms with E-state index in [1.807, 2.05) is 31.3 Å². The largest absolute Gasteiger partial charge is 0.458 e. The lowest BCUT2D eigenvalue weighted by Gasteiger charge is -2.16. The van der Waals surface area contributed by atoms with Gasteiger partial charge < -0.3 is 20.5 Å². The van der Waals surface area contributed by atoms with Crippen LogP contribution in [0, 0.1) is 6.92 Å². The van der Waals surface area contributed by atoms with Crippen molar-refractivity contribution >= 4 is 23.5 Å². The summed E-state index contributed by atoms with van der Waals surface area (Å²) in [6, 6.07) is 12.6. The summed E-state index contributed by atoms with van der Waals surface area (Å²) in [5.74, 6) is 0. The molecule has 0 unspecified atom stereocenters. The minimum atomic E-state index is 0.334. The number of aliphatic imine (C=N–C) groups is 1. The third-order valence-electron chi connectivity index (χ3n) is 6.03. The number of nitrogens with one attached hydrogen (secondary N) is 4. The molecule has 4 N–H and O–H groups in total. The number of H-pyrrole nitrogens is 1. The molecule has 1 aromatic carbocycles. The Morgan fingerprint density at radius 2 is 2.11 bits per heavy atom. The molecule has 8 nitrogen and oxygen atoms in total. The average Bonchev–Trinajstić information content (AvgIpc) is 3.37. The van der Waals surface area contributed by atoms with Gasteiger partial charge in [0, 0.05) is 37.1 Å². The minimum Gasteiger partial charge on any atom is -0.458 e. The first-order valence-electron chi connectivity index (χ1n) is 11.7. The molecule has 35 heavy (non-hydrogen) atoms. The SMILES string of the molecule is CC/C=c1\[nH]/c(=C2\C=CN=C(OCc3ccccn3)N2)cc(-c2c(C)ccc3c2CNN3)c1=NC. The van der Waals surface area contributed by atoms with E-state index in [4.69, 9.17) is 4.74 Å². The molecule has 0 spiro atoms. The van der Waals surface area contributed by atoms with Crippen molar-refractivity contribution in [1.82, 2.24) is 20.7 Å². The summed E-state index contributed by atoms with van der Waals surface area (Å²) in [5.41, 5.74) is 14.1. The summed E-state index contributed by atoms with van der Waals surface area (Å²) in [7, 11) is 1.84. The summed E-state index contributed by atoms with van der Waals surface area (Å²) < 4.78 is 5.89. The maximum absolute atomic E-state index is 5.89. The van der Waals surface area contributed by atoms with E-state index >= 15 is 0 Å². The molecule has 0 fully saturated rings. The Balaban J connectivity index is 1.62. The van der Waals surface area contributed by atoms with E-state index in [1.165, 1.54) is 16.7 Å². The third-order valence-corrected chi connectivity index (χ3v) is 6.03. The number of pyridine rings is 2. The molecule has 178 valence electrons. The number of ether oxygens (including phenoxy) is 1. The van der Waals surface area contributed by atoms with E-state index in [0.717, 1.165) is 51.7 Å². The lowest BCUT2D eigenvalue weighted by molar-refractivity contribution is 0.277. The Hall–Kier alpha value is -4.17. The molecule has 3 aromatic rings. The van der Waals surface area contributed by atoms with Gasteiger partial charge in [0.2, 0.25) is 0 Å². The van der Waals surface area contributed by atoms with Crippen molar-refractivity contribution in [3.8, 4) is 11.1 Å². The van der Waals surface area contributed by atoms with Crippen molar-refractivity contribution in [2.24, 2.45) is 9.98 Å². The van der Waals surface area contributed by atoms with Crippen molar-refractivity contribution in [3.63, 3.8) is 0 Å². The van der Waals surface area contributed by atoms with Crippen LogP contribution in [-0.4, -0.2) is 23.0 Å². The zero-order valence-electron chi connectivity index (χ0n) is 20.1. The zero-order chi connectivity index (χ0) is 24.2. The van der Waals surface area contributed by atoms with Crippen LogP contribution in [0.25, 0.3) is 22.9 Å². The molecule has 0 radical (unpaired) electrons. The van der Waals surface area contributed by atoms with Gasteiger partial charge in [0.25, 0.3) is 6.02 Å². The molecular weight excluding hydrogens is 438 g/mol. The number of hydrogen-bond donors (Lipinski definition) is 4. The van der Waals surface area contributed by atoms with Gasteiger partial charge in [-0.05, 0) is 54.8 Å². The summed E-state index contributed by atoms with van der Waals surface area (Å²) >= 11 is 0. The molecule has 4 heterocycles. The number of benzene rings is 1. The summed E-state index contributed by atoms with van der Waals surface area (Å²) in [6.45, 7) is 5.36. The number of nitrogens with zero attached hydrogens (tertiary/aromatic N) is 3. The smallest absolute Gasteiger partial charge is 0.294 e. The molecule has 0 saturated heterocycles. The van der Waals surface area contributed by atoms with Gasteiger partial charge in [-0.3, -0.25) is 9.98 Å². The van der Waals surface area contributed by atoms with Crippen LogP contribution in [0.1, 0.15) is 30.2 Å². The maximum atomic E-state index is 5.89. The predicted octanol–water partition coefficient (Wildman–Crippen LogP) is 2.33. The van der Waals surface area contributed by atoms with E-state index < -0.39 is 0 Å². The second-order valence-electron chi connectivity index (χ2n) is 8.36. The Kier molecular flexibility index (Phi) is 6.45. The third kappa shape index (κ3) is 4.61. The lowest BCUT2D eigenvalue weighted by atomic mass is 9.93. The van der Waals surface area contributed by atoms with Gasteiger partial charge in [-0.25, -0.2) is 10.4 Å². The first-order valence-corrected chi connectivity index (χ1v) is 11.7. The Labute approximate surface area is 203 Å². The van der Waals surface area contributed by atoms with Gasteiger partial charge >= 0.3 is 0 Å². The number of amidine groups is 1. The van der Waals surface area contributed by atoms with Crippen LogP contribution in [0.3, 0.4) is 0 Å². The number of aryl methyl sites for hydroxylation is 1. The number of aromatic nitrogens is 2. The molecule has 2 aromatic heterocycles. The highest BCUT2D eigenvalue weighted by Gasteiger charge is 2.19. The average molecular weight is 468 g/mol. The van der Waals surface area contributed by atoms with Crippen LogP contribution in [0.2, 0.25) is 0 Å². The molecule has 8 heteroatoms. The van der Waals surface area contributed by atoms with Gasteiger partial charge in [-0.1, -0.05) is 25.1 Å². The van der Waals surface area contributed by atoms with E-state index in [9.17, 15) is 0 Å². The fraction of sp³-hybridized carbons (Fsp3) is 0.222. The van der Waals surface area contributed by atoms with Crippen LogP contribution in [0.15, 0.2) is 64.9 Å². The Morgan fingerprint density at radius 3 is 2.91 bits per heavy atom. The monoisotopic (exact) mass is 467 g/mol. The fourth-order valence-corrected chi connectivity index (χ4v) is 4.42. The van der Waals surface area contributed by atoms with Gasteiger partial charge in [-0.15, -0.1) is 0 Å². The van der Waals surface area contributed by atoms with Gasteiger partial charge in [0.1, 0.15) is 6.61 Å². The topological polar surface area (TPSA) is 98.7 Å². The van der Waals surface area contributed by atoms with E-state index in [2.05, 4.69) is 74.2 Å². The molecule has 5 rings (SSSR count). The van der Waals surface area contributed by atoms with Crippen LogP contribution in [-0.2, 0) is 17.9 Å². The molecule has 0 atom stereocenters. The molecule has 0 bridgehead atoms. The molecule has 0 saturated carbocycles. The molecule has 0 aliphatic carbocycles. The van der Waals surface area contributed by atoms with Crippen LogP contribution in [0.4, 0.5) is 5.69 Å². The Bertz CT molecular complexity index is 1500. The van der Waals surface area contributed by atoms with Crippen molar-refractivity contribution in [2.75, 3.05) is 12.5 Å². The van der Waals surface area contributed by atoms with Crippen molar-refractivity contribution in [2.45, 2.75) is 33.4 Å². The van der Waals surface area contributed by atoms with Crippen molar-refractivity contribution in [1.29, 1.82) is 0 Å². The minimum absolute atomic E-state index is 0.334. The second-order valence-corrected chi connectivity index (χ2v) is 8.36. The maximum Gasteiger partial charge on any atom is 0.294 e. The van der Waals surface area contributed by atoms with E-state index in [0.29, 0.717) is 12.6 Å². The summed E-state index contributed by atoms with van der Waals surface area (Å²) in [5, 5.41) is 6.18. The van der Waals surface area contributed by atoms with Crippen molar-refractivity contribution in [3.05, 3.63) is 87.7 Å². The number of hydrazine groups is 1. The van der Waals surface area contributed by atoms with Crippen LogP contribution in [0.5, 0.6) is 0 Å². The van der Waals surface area contributed by atoms with Crippen LogP contribution < -0.4 is 32.2 Å².